The maximum absolute atomic E-state index is 13.6. The predicted octanol–water partition coefficient (Wildman–Crippen LogP) is 4.20. The van der Waals surface area contributed by atoms with Gasteiger partial charge >= 0.3 is 0 Å². The van der Waals surface area contributed by atoms with Crippen molar-refractivity contribution in [3.05, 3.63) is 76.9 Å². The molecule has 1 amide bonds. The smallest absolute Gasteiger partial charge is 0.250 e. The van der Waals surface area contributed by atoms with Crippen LogP contribution < -0.4 is 9.64 Å². The summed E-state index contributed by atoms with van der Waals surface area (Å²) in [6.45, 7) is 6.24. The van der Waals surface area contributed by atoms with Gasteiger partial charge in [0.15, 0.2) is 0 Å². The molecule has 37 heavy (non-hydrogen) atoms. The number of aryl methyl sites for hydroxylation is 1. The highest BCUT2D eigenvalue weighted by Gasteiger charge is 2.33. The molecule has 1 aliphatic carbocycles. The first-order valence-corrected chi connectivity index (χ1v) is 13.2. The number of fused-ring (bicyclic) bond motifs is 1. The normalized spacial score (nSPS) is 21.0. The highest BCUT2D eigenvalue weighted by atomic mass is 16.5. The molecular formula is C30H34N4O3. The standard InChI is InChI=1S/C30H34N4O3/c1-21-19-33(20-31-21)28-8-5-22(15-29(28)36-2)14-24-4-3-9-34(30(24)35)27-16-23-6-7-26(17-25(23)18-27)32-10-12-37-13-11-32/h5-8,14-15,17,19-20,27H,3-4,9-13,16,18H2,1-2H3/t27-/m0/s1. The van der Waals surface area contributed by atoms with Gasteiger partial charge in [0.2, 0.25) is 5.91 Å². The van der Waals surface area contributed by atoms with E-state index in [1.165, 1.54) is 16.8 Å². The first kappa shape index (κ1) is 23.8. The highest BCUT2D eigenvalue weighted by molar-refractivity contribution is 5.99. The molecule has 3 heterocycles. The Bertz CT molecular complexity index is 1340. The number of methoxy groups -OCH3 is 1. The van der Waals surface area contributed by atoms with E-state index < -0.39 is 0 Å². The van der Waals surface area contributed by atoms with Crippen molar-refractivity contribution in [2.75, 3.05) is 44.9 Å². The second-order valence-corrected chi connectivity index (χ2v) is 10.2. The van der Waals surface area contributed by atoms with Crippen LogP contribution in [0.3, 0.4) is 0 Å². The number of aromatic nitrogens is 2. The number of carbonyl (C=O) groups excluding carboxylic acids is 1. The van der Waals surface area contributed by atoms with Gasteiger partial charge in [-0.2, -0.15) is 0 Å². The van der Waals surface area contributed by atoms with Crippen molar-refractivity contribution in [2.45, 2.75) is 38.6 Å². The number of benzene rings is 2. The number of imidazole rings is 1. The van der Waals surface area contributed by atoms with E-state index in [2.05, 4.69) is 33.0 Å². The number of anilines is 1. The maximum atomic E-state index is 13.6. The third kappa shape index (κ3) is 4.76. The lowest BCUT2D eigenvalue weighted by Crippen LogP contribution is -2.44. The molecule has 2 aromatic carbocycles. The fraction of sp³-hybridized carbons (Fsp3) is 0.400. The zero-order valence-electron chi connectivity index (χ0n) is 21.7. The minimum Gasteiger partial charge on any atom is -0.495 e. The number of hydrogen-bond donors (Lipinski definition) is 0. The molecule has 1 aromatic heterocycles. The Morgan fingerprint density at radius 1 is 1.05 bits per heavy atom. The molecule has 6 rings (SSSR count). The number of rotatable bonds is 5. The molecule has 3 aliphatic rings. The summed E-state index contributed by atoms with van der Waals surface area (Å²) in [5.74, 6) is 0.930. The Kier molecular flexibility index (Phi) is 6.47. The van der Waals surface area contributed by atoms with Crippen LogP contribution in [0.15, 0.2) is 54.5 Å². The summed E-state index contributed by atoms with van der Waals surface area (Å²) in [6.07, 6.45) is 9.47. The lowest BCUT2D eigenvalue weighted by atomic mass is 9.98. The largest absolute Gasteiger partial charge is 0.495 e. The number of nitrogens with zero attached hydrogens (tertiary/aromatic N) is 4. The summed E-state index contributed by atoms with van der Waals surface area (Å²) in [6, 6.07) is 13.1. The van der Waals surface area contributed by atoms with E-state index >= 15 is 0 Å². The van der Waals surface area contributed by atoms with Gasteiger partial charge in [-0.3, -0.25) is 4.79 Å². The van der Waals surface area contributed by atoms with Gasteiger partial charge in [0.05, 0.1) is 38.0 Å². The minimum absolute atomic E-state index is 0.172. The molecule has 0 spiro atoms. The molecule has 1 atom stereocenters. The van der Waals surface area contributed by atoms with Crippen molar-refractivity contribution in [3.63, 3.8) is 0 Å². The molecule has 2 saturated heterocycles. The van der Waals surface area contributed by atoms with Crippen LogP contribution in [0.5, 0.6) is 5.75 Å². The fourth-order valence-electron chi connectivity index (χ4n) is 5.89. The van der Waals surface area contributed by atoms with Crippen LogP contribution in [0.4, 0.5) is 5.69 Å². The number of carbonyl (C=O) groups is 1. The molecule has 0 N–H and O–H groups in total. The Morgan fingerprint density at radius 3 is 2.68 bits per heavy atom. The van der Waals surface area contributed by atoms with Crippen molar-refractivity contribution in [2.24, 2.45) is 0 Å². The third-order valence-electron chi connectivity index (χ3n) is 7.83. The molecular weight excluding hydrogens is 464 g/mol. The van der Waals surface area contributed by atoms with E-state index in [1.807, 2.05) is 42.0 Å². The summed E-state index contributed by atoms with van der Waals surface area (Å²) in [4.78, 5) is 22.5. The molecule has 0 radical (unpaired) electrons. The van der Waals surface area contributed by atoms with Gasteiger partial charge in [-0.15, -0.1) is 0 Å². The molecule has 7 nitrogen and oxygen atoms in total. The van der Waals surface area contributed by atoms with Crippen LogP contribution in [0.25, 0.3) is 11.8 Å². The van der Waals surface area contributed by atoms with E-state index in [4.69, 9.17) is 9.47 Å². The van der Waals surface area contributed by atoms with Gasteiger partial charge in [-0.05, 0) is 79.6 Å². The Balaban J connectivity index is 1.19. The molecule has 3 aromatic rings. The average molecular weight is 499 g/mol. The molecule has 2 fully saturated rings. The van der Waals surface area contributed by atoms with Crippen molar-refractivity contribution in [1.29, 1.82) is 0 Å². The van der Waals surface area contributed by atoms with Crippen LogP contribution in [0.2, 0.25) is 0 Å². The van der Waals surface area contributed by atoms with Gasteiger partial charge < -0.3 is 23.8 Å². The van der Waals surface area contributed by atoms with Crippen molar-refractivity contribution in [1.82, 2.24) is 14.5 Å². The van der Waals surface area contributed by atoms with Gasteiger partial charge in [0.1, 0.15) is 5.75 Å². The number of hydrogen-bond acceptors (Lipinski definition) is 5. The zero-order valence-corrected chi connectivity index (χ0v) is 21.7. The molecule has 0 saturated carbocycles. The molecule has 192 valence electrons. The van der Waals surface area contributed by atoms with E-state index in [1.54, 1.807) is 13.4 Å². The summed E-state index contributed by atoms with van der Waals surface area (Å²) >= 11 is 0. The SMILES string of the molecule is COc1cc(C=C2CCCN([C@H]3Cc4ccc(N5CCOCC5)cc4C3)C2=O)ccc1-n1cnc(C)c1. The van der Waals surface area contributed by atoms with E-state index in [-0.39, 0.29) is 11.9 Å². The van der Waals surface area contributed by atoms with Crippen molar-refractivity contribution < 1.29 is 14.3 Å². The lowest BCUT2D eigenvalue weighted by Gasteiger charge is -2.33. The first-order chi connectivity index (χ1) is 18.1. The van der Waals surface area contributed by atoms with E-state index in [9.17, 15) is 4.79 Å². The van der Waals surface area contributed by atoms with Crippen molar-refractivity contribution >= 4 is 17.7 Å². The van der Waals surface area contributed by atoms with Crippen LogP contribution in [0, 0.1) is 6.92 Å². The Morgan fingerprint density at radius 2 is 1.89 bits per heavy atom. The number of morpholine rings is 1. The predicted molar refractivity (Wildman–Crippen MR) is 144 cm³/mol. The fourth-order valence-corrected chi connectivity index (χ4v) is 5.89. The van der Waals surface area contributed by atoms with Gasteiger partial charge in [-0.1, -0.05) is 12.1 Å². The van der Waals surface area contributed by atoms with Gasteiger partial charge in [0, 0.05) is 43.1 Å². The summed E-state index contributed by atoms with van der Waals surface area (Å²) in [5, 5.41) is 0. The average Bonchev–Trinajstić information content (AvgIpc) is 3.56. The molecule has 2 aliphatic heterocycles. The van der Waals surface area contributed by atoms with E-state index in [0.717, 1.165) is 86.8 Å². The number of ether oxygens (including phenoxy) is 2. The van der Waals surface area contributed by atoms with Crippen molar-refractivity contribution in [3.8, 4) is 11.4 Å². The Labute approximate surface area is 218 Å². The Hall–Kier alpha value is -3.58. The van der Waals surface area contributed by atoms with Crippen LogP contribution in [0.1, 0.15) is 35.2 Å². The monoisotopic (exact) mass is 498 g/mol. The number of piperidine rings is 1. The molecule has 7 heteroatoms. The topological polar surface area (TPSA) is 59.8 Å². The van der Waals surface area contributed by atoms with Crippen LogP contribution >= 0.6 is 0 Å². The second kappa shape index (κ2) is 10.1. The number of amides is 1. The summed E-state index contributed by atoms with van der Waals surface area (Å²) < 4.78 is 13.1. The summed E-state index contributed by atoms with van der Waals surface area (Å²) in [5.41, 5.74) is 7.77. The molecule has 0 bridgehead atoms. The van der Waals surface area contributed by atoms with E-state index in [0.29, 0.717) is 0 Å². The lowest BCUT2D eigenvalue weighted by molar-refractivity contribution is -0.130. The first-order valence-electron chi connectivity index (χ1n) is 13.2. The van der Waals surface area contributed by atoms with Crippen LogP contribution in [-0.2, 0) is 22.4 Å². The highest BCUT2D eigenvalue weighted by Crippen LogP contribution is 2.33. The summed E-state index contributed by atoms with van der Waals surface area (Å²) in [7, 11) is 1.68. The quantitative estimate of drug-likeness (QED) is 0.494. The van der Waals surface area contributed by atoms with Gasteiger partial charge in [0.25, 0.3) is 0 Å². The maximum Gasteiger partial charge on any atom is 0.250 e. The zero-order chi connectivity index (χ0) is 25.4. The van der Waals surface area contributed by atoms with Crippen LogP contribution in [-0.4, -0.2) is 66.4 Å². The second-order valence-electron chi connectivity index (χ2n) is 10.2. The van der Waals surface area contributed by atoms with Gasteiger partial charge in [-0.25, -0.2) is 4.98 Å². The number of likely N-dealkylation sites (tertiary alicyclic amines) is 1. The third-order valence-corrected chi connectivity index (χ3v) is 7.83. The minimum atomic E-state index is 0.172. The molecule has 0 unspecified atom stereocenters.